The zero-order chi connectivity index (χ0) is 13.0. The van der Waals surface area contributed by atoms with Crippen LogP contribution in [0.4, 0.5) is 5.95 Å². The van der Waals surface area contributed by atoms with Crippen molar-refractivity contribution < 1.29 is 9.53 Å². The summed E-state index contributed by atoms with van der Waals surface area (Å²) in [7, 11) is 3.39. The smallest absolute Gasteiger partial charge is 0.239 e. The predicted octanol–water partition coefficient (Wildman–Crippen LogP) is -0.223. The molecule has 0 saturated heterocycles. The minimum Gasteiger partial charge on any atom is -0.377 e. The van der Waals surface area contributed by atoms with Crippen LogP contribution in [0.15, 0.2) is 6.08 Å². The highest BCUT2D eigenvalue weighted by Gasteiger charge is 2.14. The molecule has 0 aromatic carbocycles. The number of carbonyl (C=O) groups is 1. The zero-order valence-electron chi connectivity index (χ0n) is 10.6. The van der Waals surface area contributed by atoms with Gasteiger partial charge in [-0.05, 0) is 12.0 Å². The average molecular weight is 251 g/mol. The molecule has 18 heavy (non-hydrogen) atoms. The van der Waals surface area contributed by atoms with E-state index in [0.29, 0.717) is 25.0 Å². The molecule has 1 amide bonds. The Kier molecular flexibility index (Phi) is 3.93. The molecule has 0 unspecified atom stereocenters. The van der Waals surface area contributed by atoms with E-state index in [9.17, 15) is 4.79 Å². The number of hydrogen-bond acceptors (Lipinski definition) is 5. The van der Waals surface area contributed by atoms with Crippen LogP contribution in [0.1, 0.15) is 12.2 Å². The van der Waals surface area contributed by atoms with E-state index in [-0.39, 0.29) is 12.5 Å². The SMILES string of the molecule is CNC(=O)CNc1nc(C2=CCOCC2)nn1C. The molecule has 0 radical (unpaired) electrons. The van der Waals surface area contributed by atoms with Crippen LogP contribution in [0.5, 0.6) is 0 Å². The number of aromatic nitrogens is 3. The van der Waals surface area contributed by atoms with Crippen LogP contribution in [-0.4, -0.2) is 47.5 Å². The maximum atomic E-state index is 11.1. The monoisotopic (exact) mass is 251 g/mol. The number of anilines is 1. The van der Waals surface area contributed by atoms with Crippen molar-refractivity contribution in [2.24, 2.45) is 7.05 Å². The second-order valence-corrected chi connectivity index (χ2v) is 3.96. The van der Waals surface area contributed by atoms with Crippen molar-refractivity contribution in [3.05, 3.63) is 11.9 Å². The molecule has 1 aromatic heterocycles. The molecule has 1 aromatic rings. The van der Waals surface area contributed by atoms with Crippen LogP contribution >= 0.6 is 0 Å². The third-order valence-corrected chi connectivity index (χ3v) is 2.70. The quantitative estimate of drug-likeness (QED) is 0.773. The molecular formula is C11H17N5O2. The van der Waals surface area contributed by atoms with Gasteiger partial charge in [-0.3, -0.25) is 4.79 Å². The Hall–Kier alpha value is -1.89. The number of nitrogens with one attached hydrogen (secondary N) is 2. The van der Waals surface area contributed by atoms with Gasteiger partial charge in [0.2, 0.25) is 11.9 Å². The normalized spacial score (nSPS) is 15.1. The van der Waals surface area contributed by atoms with Gasteiger partial charge in [-0.2, -0.15) is 4.98 Å². The summed E-state index contributed by atoms with van der Waals surface area (Å²) in [4.78, 5) is 15.5. The van der Waals surface area contributed by atoms with Gasteiger partial charge in [0.1, 0.15) is 0 Å². The Balaban J connectivity index is 2.06. The Morgan fingerprint density at radius 3 is 3.11 bits per heavy atom. The highest BCUT2D eigenvalue weighted by atomic mass is 16.5. The van der Waals surface area contributed by atoms with Crippen molar-refractivity contribution in [1.82, 2.24) is 20.1 Å². The standard InChI is InChI=1S/C11H17N5O2/c1-12-9(17)7-13-11-14-10(15-16(11)2)8-3-5-18-6-4-8/h3H,4-7H2,1-2H3,(H,12,17)(H,13,14,15). The summed E-state index contributed by atoms with van der Waals surface area (Å²) in [6.45, 7) is 1.49. The molecule has 2 heterocycles. The summed E-state index contributed by atoms with van der Waals surface area (Å²) >= 11 is 0. The number of carbonyl (C=O) groups excluding carboxylic acids is 1. The lowest BCUT2D eigenvalue weighted by molar-refractivity contribution is -0.118. The van der Waals surface area contributed by atoms with E-state index in [4.69, 9.17) is 4.74 Å². The predicted molar refractivity (Wildman–Crippen MR) is 67.0 cm³/mol. The largest absolute Gasteiger partial charge is 0.377 e. The Morgan fingerprint density at radius 2 is 2.44 bits per heavy atom. The maximum Gasteiger partial charge on any atom is 0.239 e. The number of likely N-dealkylation sites (N-methyl/N-ethyl adjacent to an activating group) is 1. The van der Waals surface area contributed by atoms with Crippen LogP contribution < -0.4 is 10.6 Å². The van der Waals surface area contributed by atoms with Crippen molar-refractivity contribution in [3.8, 4) is 0 Å². The fourth-order valence-corrected chi connectivity index (χ4v) is 1.65. The van der Waals surface area contributed by atoms with Gasteiger partial charge in [-0.25, -0.2) is 4.68 Å². The molecule has 0 fully saturated rings. The lowest BCUT2D eigenvalue weighted by atomic mass is 10.1. The first kappa shape index (κ1) is 12.6. The summed E-state index contributed by atoms with van der Waals surface area (Å²) in [5, 5.41) is 9.81. The third-order valence-electron chi connectivity index (χ3n) is 2.70. The molecular weight excluding hydrogens is 234 g/mol. The van der Waals surface area contributed by atoms with Gasteiger partial charge in [0.05, 0.1) is 19.8 Å². The van der Waals surface area contributed by atoms with Crippen molar-refractivity contribution in [2.75, 3.05) is 32.1 Å². The second kappa shape index (κ2) is 5.63. The van der Waals surface area contributed by atoms with E-state index < -0.39 is 0 Å². The zero-order valence-corrected chi connectivity index (χ0v) is 10.6. The average Bonchev–Trinajstić information content (AvgIpc) is 2.78. The Morgan fingerprint density at radius 1 is 1.61 bits per heavy atom. The summed E-state index contributed by atoms with van der Waals surface area (Å²) in [6.07, 6.45) is 2.81. The molecule has 1 aliphatic heterocycles. The topological polar surface area (TPSA) is 81.1 Å². The highest BCUT2D eigenvalue weighted by molar-refractivity contribution is 5.79. The van der Waals surface area contributed by atoms with E-state index >= 15 is 0 Å². The number of ether oxygens (including phenoxy) is 1. The van der Waals surface area contributed by atoms with Crippen LogP contribution in [0.25, 0.3) is 5.57 Å². The van der Waals surface area contributed by atoms with Crippen LogP contribution in [-0.2, 0) is 16.6 Å². The molecule has 0 aliphatic carbocycles. The number of nitrogens with zero attached hydrogens (tertiary/aromatic N) is 3. The number of hydrogen-bond donors (Lipinski definition) is 2. The minimum absolute atomic E-state index is 0.0927. The van der Waals surface area contributed by atoms with Gasteiger partial charge in [-0.15, -0.1) is 5.10 Å². The number of amides is 1. The van der Waals surface area contributed by atoms with Crippen molar-refractivity contribution in [1.29, 1.82) is 0 Å². The van der Waals surface area contributed by atoms with Crippen LogP contribution in [0, 0.1) is 0 Å². The lowest BCUT2D eigenvalue weighted by Gasteiger charge is -2.09. The second-order valence-electron chi connectivity index (χ2n) is 3.96. The van der Waals surface area contributed by atoms with Crippen molar-refractivity contribution >= 4 is 17.4 Å². The van der Waals surface area contributed by atoms with Crippen molar-refractivity contribution in [3.63, 3.8) is 0 Å². The first-order valence-corrected chi connectivity index (χ1v) is 5.83. The van der Waals surface area contributed by atoms with Gasteiger partial charge in [-0.1, -0.05) is 6.08 Å². The first-order chi connectivity index (χ1) is 8.70. The molecule has 2 rings (SSSR count). The fraction of sp³-hybridized carbons (Fsp3) is 0.545. The van der Waals surface area contributed by atoms with Crippen molar-refractivity contribution in [2.45, 2.75) is 6.42 Å². The Labute approximate surface area is 105 Å². The van der Waals surface area contributed by atoms with E-state index in [2.05, 4.69) is 20.7 Å². The summed E-state index contributed by atoms with van der Waals surface area (Å²) in [6, 6.07) is 0. The maximum absolute atomic E-state index is 11.1. The molecule has 0 spiro atoms. The van der Waals surface area contributed by atoms with Gasteiger partial charge >= 0.3 is 0 Å². The fourth-order valence-electron chi connectivity index (χ4n) is 1.65. The first-order valence-electron chi connectivity index (χ1n) is 5.83. The minimum atomic E-state index is -0.0927. The molecule has 1 aliphatic rings. The third kappa shape index (κ3) is 2.86. The molecule has 0 atom stereocenters. The molecule has 7 nitrogen and oxygen atoms in total. The highest BCUT2D eigenvalue weighted by Crippen LogP contribution is 2.19. The van der Waals surface area contributed by atoms with E-state index in [1.165, 1.54) is 0 Å². The molecule has 98 valence electrons. The summed E-state index contributed by atoms with van der Waals surface area (Å²) < 4.78 is 6.88. The molecule has 0 bridgehead atoms. The van der Waals surface area contributed by atoms with Gasteiger partial charge in [0.25, 0.3) is 0 Å². The lowest BCUT2D eigenvalue weighted by Crippen LogP contribution is -2.27. The van der Waals surface area contributed by atoms with Crippen LogP contribution in [0.2, 0.25) is 0 Å². The molecule has 7 heteroatoms. The van der Waals surface area contributed by atoms with Crippen LogP contribution in [0.3, 0.4) is 0 Å². The van der Waals surface area contributed by atoms with E-state index in [0.717, 1.165) is 12.0 Å². The van der Waals surface area contributed by atoms with Gasteiger partial charge < -0.3 is 15.4 Å². The van der Waals surface area contributed by atoms with E-state index in [1.807, 2.05) is 6.08 Å². The van der Waals surface area contributed by atoms with E-state index in [1.54, 1.807) is 18.8 Å². The summed E-state index contributed by atoms with van der Waals surface area (Å²) in [5.74, 6) is 1.19. The van der Waals surface area contributed by atoms with Gasteiger partial charge in [0.15, 0.2) is 5.82 Å². The molecule has 2 N–H and O–H groups in total. The summed E-state index contributed by atoms with van der Waals surface area (Å²) in [5.41, 5.74) is 1.09. The Bertz CT molecular complexity index is 466. The number of aryl methyl sites for hydroxylation is 1. The van der Waals surface area contributed by atoms with Gasteiger partial charge in [0, 0.05) is 14.1 Å². The number of rotatable bonds is 4. The molecule has 0 saturated carbocycles.